The number of carbonyl (C=O) groups is 1. The van der Waals surface area contributed by atoms with Crippen LogP contribution in [0.4, 0.5) is 0 Å². The van der Waals surface area contributed by atoms with Crippen molar-refractivity contribution in [2.24, 2.45) is 4.99 Å². The number of nitrogens with zero attached hydrogens (tertiary/aromatic N) is 2. The molecule has 0 amide bonds. The van der Waals surface area contributed by atoms with Crippen molar-refractivity contribution in [3.05, 3.63) is 128 Å². The number of ether oxygens (including phenoxy) is 2. The first-order valence-electron chi connectivity index (χ1n) is 13.1. The average Bonchev–Trinajstić information content (AvgIpc) is 3.26. The molecule has 0 saturated heterocycles. The second-order valence-corrected chi connectivity index (χ2v) is 12.9. The molecule has 0 fully saturated rings. The number of thiazole rings is 1. The van der Waals surface area contributed by atoms with Gasteiger partial charge in [-0.25, -0.2) is 9.79 Å². The molecule has 0 spiro atoms. The van der Waals surface area contributed by atoms with Gasteiger partial charge in [-0.05, 0) is 60.4 Å². The minimum absolute atomic E-state index is 0.216. The third kappa shape index (κ3) is 6.13. The zero-order valence-electron chi connectivity index (χ0n) is 23.3. The molecule has 4 aromatic rings. The SMILES string of the molecule is COC(=O)C1=C(C)N=c2s/c(=C\c3cc(Br)ccc3OCc3ccc(Cl)cc3Cl)c(=O)n2C1c1ccc(C(C)C)cc1. The van der Waals surface area contributed by atoms with Gasteiger partial charge < -0.3 is 9.47 Å². The highest BCUT2D eigenvalue weighted by Gasteiger charge is 2.33. The van der Waals surface area contributed by atoms with Gasteiger partial charge in [0.1, 0.15) is 12.4 Å². The zero-order chi connectivity index (χ0) is 30.1. The van der Waals surface area contributed by atoms with Crippen LogP contribution in [0.2, 0.25) is 10.0 Å². The molecule has 1 aliphatic heterocycles. The molecule has 6 nitrogen and oxygen atoms in total. The summed E-state index contributed by atoms with van der Waals surface area (Å²) < 4.78 is 14.1. The van der Waals surface area contributed by atoms with Gasteiger partial charge in [0.2, 0.25) is 0 Å². The Morgan fingerprint density at radius 3 is 2.52 bits per heavy atom. The Labute approximate surface area is 265 Å². The first-order chi connectivity index (χ1) is 20.1. The molecule has 42 heavy (non-hydrogen) atoms. The van der Waals surface area contributed by atoms with Crippen molar-refractivity contribution in [2.45, 2.75) is 39.3 Å². The molecule has 5 rings (SSSR count). The minimum Gasteiger partial charge on any atom is -0.488 e. The van der Waals surface area contributed by atoms with Crippen molar-refractivity contribution in [3.8, 4) is 5.75 Å². The Bertz CT molecular complexity index is 1890. The lowest BCUT2D eigenvalue weighted by Crippen LogP contribution is -2.39. The van der Waals surface area contributed by atoms with Crippen molar-refractivity contribution in [2.75, 3.05) is 7.11 Å². The lowest BCUT2D eigenvalue weighted by molar-refractivity contribution is -0.136. The van der Waals surface area contributed by atoms with Gasteiger partial charge in [-0.3, -0.25) is 9.36 Å². The van der Waals surface area contributed by atoms with Crippen molar-refractivity contribution in [1.82, 2.24) is 4.57 Å². The maximum absolute atomic E-state index is 14.0. The van der Waals surface area contributed by atoms with E-state index in [4.69, 9.17) is 32.7 Å². The lowest BCUT2D eigenvalue weighted by atomic mass is 9.93. The number of methoxy groups -OCH3 is 1. The number of carbonyl (C=O) groups excluding carboxylic acids is 1. The third-order valence-electron chi connectivity index (χ3n) is 7.00. The number of rotatable bonds is 7. The number of aromatic nitrogens is 1. The average molecular weight is 686 g/mol. The Kier molecular flexibility index (Phi) is 9.08. The summed E-state index contributed by atoms with van der Waals surface area (Å²) in [7, 11) is 1.33. The van der Waals surface area contributed by atoms with Gasteiger partial charge in [-0.15, -0.1) is 0 Å². The molecule has 1 atom stereocenters. The van der Waals surface area contributed by atoms with Crippen LogP contribution in [-0.2, 0) is 16.1 Å². The topological polar surface area (TPSA) is 69.9 Å². The highest BCUT2D eigenvalue weighted by molar-refractivity contribution is 9.10. The van der Waals surface area contributed by atoms with Crippen LogP contribution in [-0.4, -0.2) is 17.6 Å². The van der Waals surface area contributed by atoms with Crippen molar-refractivity contribution in [1.29, 1.82) is 0 Å². The molecule has 0 aliphatic carbocycles. The zero-order valence-corrected chi connectivity index (χ0v) is 27.2. The van der Waals surface area contributed by atoms with E-state index in [0.29, 0.717) is 47.9 Å². The number of allylic oxidation sites excluding steroid dienone is 1. The fourth-order valence-electron chi connectivity index (χ4n) is 4.77. The van der Waals surface area contributed by atoms with E-state index < -0.39 is 12.0 Å². The number of esters is 1. The normalized spacial score (nSPS) is 15.0. The molecule has 0 bridgehead atoms. The molecule has 216 valence electrons. The summed E-state index contributed by atoms with van der Waals surface area (Å²) in [6.45, 7) is 6.21. The number of halogens is 3. The van der Waals surface area contributed by atoms with Crippen LogP contribution in [0, 0.1) is 0 Å². The predicted octanol–water partition coefficient (Wildman–Crippen LogP) is 7.18. The number of fused-ring (bicyclic) bond motifs is 1. The maximum Gasteiger partial charge on any atom is 0.338 e. The van der Waals surface area contributed by atoms with E-state index in [1.807, 2.05) is 48.5 Å². The number of benzene rings is 3. The van der Waals surface area contributed by atoms with Crippen molar-refractivity contribution in [3.63, 3.8) is 0 Å². The summed E-state index contributed by atoms with van der Waals surface area (Å²) in [5.74, 6) is 0.394. The summed E-state index contributed by atoms with van der Waals surface area (Å²) in [4.78, 5) is 32.1. The number of hydrogen-bond acceptors (Lipinski definition) is 6. The minimum atomic E-state index is -0.678. The first kappa shape index (κ1) is 30.3. The van der Waals surface area contributed by atoms with Crippen LogP contribution in [0.25, 0.3) is 6.08 Å². The third-order valence-corrected chi connectivity index (χ3v) is 9.07. The Morgan fingerprint density at radius 1 is 1.12 bits per heavy atom. The second-order valence-electron chi connectivity index (χ2n) is 10.1. The molecule has 10 heteroatoms. The second kappa shape index (κ2) is 12.6. The van der Waals surface area contributed by atoms with Crippen LogP contribution < -0.4 is 19.6 Å². The van der Waals surface area contributed by atoms with E-state index in [-0.39, 0.29) is 12.2 Å². The molecule has 1 aromatic heterocycles. The van der Waals surface area contributed by atoms with E-state index in [2.05, 4.69) is 34.8 Å². The Balaban J connectivity index is 1.61. The van der Waals surface area contributed by atoms with Gasteiger partial charge in [0.25, 0.3) is 5.56 Å². The van der Waals surface area contributed by atoms with Gasteiger partial charge in [0.15, 0.2) is 4.80 Å². The maximum atomic E-state index is 14.0. The highest BCUT2D eigenvalue weighted by atomic mass is 79.9. The predicted molar refractivity (Wildman–Crippen MR) is 171 cm³/mol. The van der Waals surface area contributed by atoms with Crippen molar-refractivity contribution < 1.29 is 14.3 Å². The fourth-order valence-corrected chi connectivity index (χ4v) is 6.65. The highest BCUT2D eigenvalue weighted by Crippen LogP contribution is 2.32. The molecular formula is C32H27BrCl2N2O4S. The van der Waals surface area contributed by atoms with E-state index in [1.165, 1.54) is 18.4 Å². The molecule has 3 aromatic carbocycles. The van der Waals surface area contributed by atoms with Crippen LogP contribution in [0.3, 0.4) is 0 Å². The summed E-state index contributed by atoms with van der Waals surface area (Å²) in [5, 5.41) is 1.05. The van der Waals surface area contributed by atoms with Gasteiger partial charge in [0.05, 0.1) is 29.0 Å². The summed E-state index contributed by atoms with van der Waals surface area (Å²) in [6.07, 6.45) is 1.78. The molecule has 0 radical (unpaired) electrons. The molecule has 0 saturated carbocycles. The molecule has 2 heterocycles. The van der Waals surface area contributed by atoms with Gasteiger partial charge in [0, 0.05) is 25.6 Å². The standard InChI is InChI=1S/C32H27BrCl2N2O4S/c1-17(2)19-5-7-20(8-6-19)29-28(31(39)40-4)18(3)36-32-37(29)30(38)27(42-32)14-22-13-23(33)10-12-26(22)41-16-21-9-11-24(34)15-25(21)35/h5-15,17,29H,16H2,1-4H3/b27-14-. The van der Waals surface area contributed by atoms with E-state index in [0.717, 1.165) is 21.2 Å². The molecular weight excluding hydrogens is 659 g/mol. The van der Waals surface area contributed by atoms with Gasteiger partial charge in [-0.1, -0.05) is 94.6 Å². The van der Waals surface area contributed by atoms with Crippen LogP contribution in [0.15, 0.2) is 86.2 Å². The quantitative estimate of drug-likeness (QED) is 0.193. The van der Waals surface area contributed by atoms with E-state index >= 15 is 0 Å². The summed E-state index contributed by atoms with van der Waals surface area (Å²) >= 11 is 17.2. The molecule has 1 unspecified atom stereocenters. The van der Waals surface area contributed by atoms with Crippen LogP contribution in [0.5, 0.6) is 5.75 Å². The Hall–Kier alpha value is -3.17. The van der Waals surface area contributed by atoms with Gasteiger partial charge in [-0.2, -0.15) is 0 Å². The first-order valence-corrected chi connectivity index (χ1v) is 15.5. The summed E-state index contributed by atoms with van der Waals surface area (Å²) in [6, 6.07) is 18.1. The Morgan fingerprint density at radius 2 is 1.86 bits per heavy atom. The van der Waals surface area contributed by atoms with Crippen LogP contribution >= 0.6 is 50.5 Å². The van der Waals surface area contributed by atoms with Crippen molar-refractivity contribution >= 4 is 62.5 Å². The fraction of sp³-hybridized carbons (Fsp3) is 0.219. The number of hydrogen-bond donors (Lipinski definition) is 0. The van der Waals surface area contributed by atoms with E-state index in [1.54, 1.807) is 29.7 Å². The largest absolute Gasteiger partial charge is 0.488 e. The van der Waals surface area contributed by atoms with Crippen LogP contribution in [0.1, 0.15) is 55.0 Å². The summed E-state index contributed by atoms with van der Waals surface area (Å²) in [5.41, 5.74) is 4.02. The van der Waals surface area contributed by atoms with E-state index in [9.17, 15) is 9.59 Å². The smallest absolute Gasteiger partial charge is 0.338 e. The molecule has 0 N–H and O–H groups in total. The van der Waals surface area contributed by atoms with Gasteiger partial charge >= 0.3 is 5.97 Å². The molecule has 1 aliphatic rings. The monoisotopic (exact) mass is 684 g/mol. The lowest BCUT2D eigenvalue weighted by Gasteiger charge is -2.24.